The molecule has 0 unspecified atom stereocenters. The molecule has 2 aromatic rings. The molecule has 0 radical (unpaired) electrons. The quantitative estimate of drug-likeness (QED) is 0.799. The maximum Gasteiger partial charge on any atom is 0.427 e. The number of aliphatic hydroxyl groups excluding tert-OH is 1. The van der Waals surface area contributed by atoms with Crippen molar-refractivity contribution < 1.29 is 32.2 Å². The Bertz CT molecular complexity index is 799. The first-order chi connectivity index (χ1) is 13.3. The van der Waals surface area contributed by atoms with Gasteiger partial charge in [0.05, 0.1) is 18.0 Å². The van der Waals surface area contributed by atoms with Crippen LogP contribution < -0.4 is 0 Å². The Kier molecular flexibility index (Phi) is 5.87. The van der Waals surface area contributed by atoms with Gasteiger partial charge in [-0.2, -0.15) is 18.3 Å². The predicted octanol–water partition coefficient (Wildman–Crippen LogP) is 3.25. The highest BCUT2D eigenvalue weighted by Gasteiger charge is 2.43. The number of likely N-dealkylation sites (tertiary alicyclic amines) is 1. The van der Waals surface area contributed by atoms with Gasteiger partial charge in [-0.1, -0.05) is 0 Å². The Morgan fingerprint density at radius 1 is 1.21 bits per heavy atom. The van der Waals surface area contributed by atoms with E-state index in [1.54, 1.807) is 23.0 Å². The Hall–Kier alpha value is -2.62. The number of hydrogen-bond donors (Lipinski definition) is 1. The van der Waals surface area contributed by atoms with Crippen LogP contribution in [0.3, 0.4) is 0 Å². The number of carbonyl (C=O) groups is 1. The molecule has 1 atom stereocenters. The second-order valence-corrected chi connectivity index (χ2v) is 6.52. The largest absolute Gasteiger partial charge is 0.434 e. The van der Waals surface area contributed by atoms with Gasteiger partial charge in [0.15, 0.2) is 0 Å². The van der Waals surface area contributed by atoms with Crippen LogP contribution in [-0.2, 0) is 4.74 Å². The molecule has 1 aliphatic heterocycles. The van der Waals surface area contributed by atoms with Crippen LogP contribution in [0.15, 0.2) is 36.5 Å². The Morgan fingerprint density at radius 2 is 1.86 bits per heavy atom. The lowest BCUT2D eigenvalue weighted by Crippen LogP contribution is -2.44. The van der Waals surface area contributed by atoms with Gasteiger partial charge in [-0.05, 0) is 43.2 Å². The second-order valence-electron chi connectivity index (χ2n) is 6.52. The normalized spacial score (nSPS) is 16.8. The van der Waals surface area contributed by atoms with Crippen LogP contribution >= 0.6 is 0 Å². The van der Waals surface area contributed by atoms with E-state index in [9.17, 15) is 22.4 Å². The molecular formula is C18H19F4N3O3. The number of carbonyl (C=O) groups excluding carboxylic acids is 1. The lowest BCUT2D eigenvalue weighted by molar-refractivity contribution is -0.214. The lowest BCUT2D eigenvalue weighted by Gasteiger charge is -2.31. The van der Waals surface area contributed by atoms with Crippen LogP contribution in [-0.4, -0.2) is 57.9 Å². The number of nitrogens with zero attached hydrogens (tertiary/aromatic N) is 3. The highest BCUT2D eigenvalue weighted by atomic mass is 19.4. The van der Waals surface area contributed by atoms with E-state index in [1.165, 1.54) is 17.0 Å². The number of hydrogen-bond acceptors (Lipinski definition) is 4. The first-order valence-corrected chi connectivity index (χ1v) is 8.72. The molecule has 10 heteroatoms. The number of alkyl halides is 3. The molecule has 3 rings (SSSR count). The highest BCUT2D eigenvalue weighted by molar-refractivity contribution is 5.68. The first-order valence-electron chi connectivity index (χ1n) is 8.72. The molecule has 1 amide bonds. The Labute approximate surface area is 158 Å². The molecule has 1 aromatic heterocycles. The standard InChI is InChI=1S/C18H19F4N3O3/c19-13-1-3-14(4-2-13)25-10-7-15(23-25)12-5-8-24(9-6-12)17(27)28-16(11-26)18(20,21)22/h1-4,7,10,12,16,26H,5-6,8-9,11H2/t16-/m1/s1. The number of aromatic nitrogens is 2. The smallest absolute Gasteiger partial charge is 0.427 e. The minimum absolute atomic E-state index is 0.0435. The van der Waals surface area contributed by atoms with Crippen LogP contribution in [0.1, 0.15) is 24.5 Å². The summed E-state index contributed by atoms with van der Waals surface area (Å²) in [5, 5.41) is 13.2. The monoisotopic (exact) mass is 401 g/mol. The summed E-state index contributed by atoms with van der Waals surface area (Å²) in [5.74, 6) is -0.300. The summed E-state index contributed by atoms with van der Waals surface area (Å²) < 4.78 is 56.8. The number of ether oxygens (including phenoxy) is 1. The summed E-state index contributed by atoms with van der Waals surface area (Å²) in [6.07, 6.45) is -5.64. The summed E-state index contributed by atoms with van der Waals surface area (Å²) in [6.45, 7) is -0.863. The van der Waals surface area contributed by atoms with Crippen molar-refractivity contribution in [2.24, 2.45) is 0 Å². The van der Waals surface area contributed by atoms with Crippen molar-refractivity contribution in [1.29, 1.82) is 0 Å². The van der Waals surface area contributed by atoms with E-state index >= 15 is 0 Å². The maximum absolute atomic E-state index is 13.0. The fourth-order valence-corrected chi connectivity index (χ4v) is 3.06. The molecule has 0 saturated carbocycles. The minimum Gasteiger partial charge on any atom is -0.434 e. The van der Waals surface area contributed by atoms with E-state index in [0.29, 0.717) is 18.5 Å². The number of amides is 1. The number of halogens is 4. The van der Waals surface area contributed by atoms with Crippen LogP contribution in [0.5, 0.6) is 0 Å². The molecule has 1 aliphatic rings. The van der Waals surface area contributed by atoms with Crippen molar-refractivity contribution >= 4 is 6.09 Å². The average Bonchev–Trinajstić information content (AvgIpc) is 3.16. The van der Waals surface area contributed by atoms with Crippen molar-refractivity contribution in [3.63, 3.8) is 0 Å². The number of aliphatic hydroxyl groups is 1. The van der Waals surface area contributed by atoms with Gasteiger partial charge in [-0.15, -0.1) is 0 Å². The molecular weight excluding hydrogens is 382 g/mol. The number of piperidine rings is 1. The SMILES string of the molecule is O=C(O[C@H](CO)C(F)(F)F)N1CCC(c2ccn(-c3ccc(F)cc3)n2)CC1. The van der Waals surface area contributed by atoms with Crippen molar-refractivity contribution in [2.75, 3.05) is 19.7 Å². The molecule has 0 bridgehead atoms. The molecule has 0 spiro atoms. The third kappa shape index (κ3) is 4.61. The van der Waals surface area contributed by atoms with Gasteiger partial charge < -0.3 is 14.7 Å². The van der Waals surface area contributed by atoms with E-state index in [-0.39, 0.29) is 24.8 Å². The Balaban J connectivity index is 1.57. The minimum atomic E-state index is -4.81. The highest BCUT2D eigenvalue weighted by Crippen LogP contribution is 2.29. The third-order valence-corrected chi connectivity index (χ3v) is 4.65. The molecule has 152 valence electrons. The fraction of sp³-hybridized carbons (Fsp3) is 0.444. The van der Waals surface area contributed by atoms with Crippen molar-refractivity contribution in [2.45, 2.75) is 31.0 Å². The molecule has 2 heterocycles. The van der Waals surface area contributed by atoms with E-state index in [0.717, 1.165) is 5.69 Å². The molecule has 0 aliphatic carbocycles. The zero-order valence-electron chi connectivity index (χ0n) is 14.8. The summed E-state index contributed by atoms with van der Waals surface area (Å²) >= 11 is 0. The molecule has 6 nitrogen and oxygen atoms in total. The topological polar surface area (TPSA) is 67.6 Å². The summed E-state index contributed by atoms with van der Waals surface area (Å²) in [6, 6.07) is 7.70. The molecule has 1 fully saturated rings. The zero-order valence-corrected chi connectivity index (χ0v) is 14.8. The fourth-order valence-electron chi connectivity index (χ4n) is 3.06. The van der Waals surface area contributed by atoms with Crippen LogP contribution in [0.4, 0.5) is 22.4 Å². The van der Waals surface area contributed by atoms with Gasteiger partial charge in [0, 0.05) is 25.2 Å². The predicted molar refractivity (Wildman–Crippen MR) is 90.5 cm³/mol. The third-order valence-electron chi connectivity index (χ3n) is 4.65. The van der Waals surface area contributed by atoms with Crippen molar-refractivity contribution in [3.8, 4) is 5.69 Å². The van der Waals surface area contributed by atoms with E-state index in [4.69, 9.17) is 5.11 Å². The molecule has 28 heavy (non-hydrogen) atoms. The van der Waals surface area contributed by atoms with Crippen LogP contribution in [0, 0.1) is 5.82 Å². The van der Waals surface area contributed by atoms with Crippen LogP contribution in [0.25, 0.3) is 5.69 Å². The van der Waals surface area contributed by atoms with Gasteiger partial charge >= 0.3 is 12.3 Å². The molecule has 1 N–H and O–H groups in total. The van der Waals surface area contributed by atoms with Gasteiger partial charge in [0.2, 0.25) is 6.10 Å². The van der Waals surface area contributed by atoms with Gasteiger partial charge in [0.25, 0.3) is 0 Å². The zero-order chi connectivity index (χ0) is 20.3. The van der Waals surface area contributed by atoms with E-state index in [1.807, 2.05) is 6.07 Å². The summed E-state index contributed by atoms with van der Waals surface area (Å²) in [5.41, 5.74) is 1.50. The summed E-state index contributed by atoms with van der Waals surface area (Å²) in [7, 11) is 0. The van der Waals surface area contributed by atoms with E-state index < -0.39 is 25.0 Å². The van der Waals surface area contributed by atoms with E-state index in [2.05, 4.69) is 9.84 Å². The number of benzene rings is 1. The van der Waals surface area contributed by atoms with Gasteiger partial charge in [-0.25, -0.2) is 13.9 Å². The van der Waals surface area contributed by atoms with Crippen LogP contribution in [0.2, 0.25) is 0 Å². The van der Waals surface area contributed by atoms with Crippen molar-refractivity contribution in [1.82, 2.24) is 14.7 Å². The number of rotatable bonds is 4. The Morgan fingerprint density at radius 3 is 2.43 bits per heavy atom. The maximum atomic E-state index is 13.0. The van der Waals surface area contributed by atoms with Crippen molar-refractivity contribution in [3.05, 3.63) is 48.0 Å². The van der Waals surface area contributed by atoms with Gasteiger partial charge in [-0.3, -0.25) is 0 Å². The molecule has 1 aromatic carbocycles. The lowest BCUT2D eigenvalue weighted by atomic mass is 9.94. The average molecular weight is 401 g/mol. The second kappa shape index (κ2) is 8.17. The summed E-state index contributed by atoms with van der Waals surface area (Å²) in [4.78, 5) is 13.1. The van der Waals surface area contributed by atoms with Gasteiger partial charge in [0.1, 0.15) is 5.82 Å². The first kappa shape index (κ1) is 20.1. The molecule has 1 saturated heterocycles.